The van der Waals surface area contributed by atoms with E-state index in [9.17, 15) is 10.1 Å². The van der Waals surface area contributed by atoms with Gasteiger partial charge in [-0.3, -0.25) is 10.1 Å². The number of nitrogens with zero attached hydrogens (tertiary/aromatic N) is 4. The molecule has 0 unspecified atom stereocenters. The van der Waals surface area contributed by atoms with E-state index < -0.39 is 4.92 Å². The molecule has 20 heavy (non-hydrogen) atoms. The van der Waals surface area contributed by atoms with Crippen LogP contribution < -0.4 is 4.90 Å². The van der Waals surface area contributed by atoms with Crippen molar-refractivity contribution in [2.24, 2.45) is 0 Å². The van der Waals surface area contributed by atoms with E-state index in [0.717, 1.165) is 5.69 Å². The van der Waals surface area contributed by atoms with Crippen molar-refractivity contribution >= 4 is 11.4 Å². The summed E-state index contributed by atoms with van der Waals surface area (Å²) >= 11 is 0. The summed E-state index contributed by atoms with van der Waals surface area (Å²) in [7, 11) is 1.78. The molecule has 0 aliphatic rings. The van der Waals surface area contributed by atoms with E-state index in [1.165, 1.54) is 12.1 Å². The normalized spacial score (nSPS) is 10.1. The highest BCUT2D eigenvalue weighted by atomic mass is 16.6. The van der Waals surface area contributed by atoms with Crippen molar-refractivity contribution in [1.82, 2.24) is 5.16 Å². The summed E-state index contributed by atoms with van der Waals surface area (Å²) in [5.74, 6) is 0.706. The standard InChI is InChI=1S/C13H12N4O3/c1-9-5-11(15-20-9)8-16(2)13-4-3-12(17(18)19)6-10(13)7-14/h3-6H,8H2,1-2H3. The van der Waals surface area contributed by atoms with Gasteiger partial charge in [0.2, 0.25) is 0 Å². The van der Waals surface area contributed by atoms with Gasteiger partial charge in [-0.1, -0.05) is 5.16 Å². The van der Waals surface area contributed by atoms with E-state index in [0.29, 0.717) is 18.0 Å². The van der Waals surface area contributed by atoms with Crippen LogP contribution in [0.5, 0.6) is 0 Å². The van der Waals surface area contributed by atoms with Crippen LogP contribution in [0.25, 0.3) is 0 Å². The van der Waals surface area contributed by atoms with Gasteiger partial charge in [0.15, 0.2) is 0 Å². The van der Waals surface area contributed by atoms with Gasteiger partial charge in [0.25, 0.3) is 5.69 Å². The van der Waals surface area contributed by atoms with Crippen LogP contribution in [-0.2, 0) is 6.54 Å². The van der Waals surface area contributed by atoms with Gasteiger partial charge in [-0.25, -0.2) is 0 Å². The van der Waals surface area contributed by atoms with Crippen LogP contribution in [0, 0.1) is 28.4 Å². The minimum Gasteiger partial charge on any atom is -0.367 e. The Kier molecular flexibility index (Phi) is 3.66. The fourth-order valence-electron chi connectivity index (χ4n) is 1.88. The highest BCUT2D eigenvalue weighted by Crippen LogP contribution is 2.25. The summed E-state index contributed by atoms with van der Waals surface area (Å²) in [6, 6.07) is 7.97. The van der Waals surface area contributed by atoms with Crippen molar-refractivity contribution in [2.45, 2.75) is 13.5 Å². The van der Waals surface area contributed by atoms with Crippen LogP contribution >= 0.6 is 0 Å². The average Bonchev–Trinajstić information content (AvgIpc) is 2.83. The minimum atomic E-state index is -0.522. The number of hydrogen-bond donors (Lipinski definition) is 0. The fraction of sp³-hybridized carbons (Fsp3) is 0.231. The zero-order valence-electron chi connectivity index (χ0n) is 11.0. The lowest BCUT2D eigenvalue weighted by atomic mass is 10.1. The molecule has 2 aromatic rings. The average molecular weight is 272 g/mol. The van der Waals surface area contributed by atoms with E-state index in [-0.39, 0.29) is 11.3 Å². The molecule has 0 fully saturated rings. The number of benzene rings is 1. The molecule has 102 valence electrons. The molecule has 0 spiro atoms. The molecule has 0 bridgehead atoms. The quantitative estimate of drug-likeness (QED) is 0.626. The number of aromatic nitrogens is 1. The Morgan fingerprint density at radius 3 is 2.80 bits per heavy atom. The highest BCUT2D eigenvalue weighted by Gasteiger charge is 2.14. The largest absolute Gasteiger partial charge is 0.367 e. The van der Waals surface area contributed by atoms with Crippen molar-refractivity contribution < 1.29 is 9.45 Å². The number of anilines is 1. The van der Waals surface area contributed by atoms with Gasteiger partial charge in [-0.15, -0.1) is 0 Å². The van der Waals surface area contributed by atoms with Gasteiger partial charge in [-0.05, 0) is 13.0 Å². The lowest BCUT2D eigenvalue weighted by Gasteiger charge is -2.18. The zero-order chi connectivity index (χ0) is 14.7. The minimum absolute atomic E-state index is 0.101. The van der Waals surface area contributed by atoms with E-state index >= 15 is 0 Å². The van der Waals surface area contributed by atoms with E-state index in [1.54, 1.807) is 31.0 Å². The van der Waals surface area contributed by atoms with Gasteiger partial charge in [0, 0.05) is 25.2 Å². The Labute approximate surface area is 115 Å². The molecular formula is C13H12N4O3. The lowest BCUT2D eigenvalue weighted by Crippen LogP contribution is -2.17. The van der Waals surface area contributed by atoms with Crippen LogP contribution in [0.4, 0.5) is 11.4 Å². The summed E-state index contributed by atoms with van der Waals surface area (Å²) in [5.41, 5.74) is 1.49. The molecule has 0 amide bonds. The molecule has 0 aliphatic heterocycles. The topological polar surface area (TPSA) is 96.2 Å². The van der Waals surface area contributed by atoms with Crippen LogP contribution in [0.15, 0.2) is 28.8 Å². The van der Waals surface area contributed by atoms with Gasteiger partial charge in [0.1, 0.15) is 17.5 Å². The SMILES string of the molecule is Cc1cc(CN(C)c2ccc([N+](=O)[O-])cc2C#N)no1. The summed E-state index contributed by atoms with van der Waals surface area (Å²) in [6.07, 6.45) is 0. The molecule has 2 rings (SSSR count). The second-order valence-corrected chi connectivity index (χ2v) is 4.36. The second-order valence-electron chi connectivity index (χ2n) is 4.36. The van der Waals surface area contributed by atoms with Crippen molar-refractivity contribution in [3.63, 3.8) is 0 Å². The predicted molar refractivity (Wildman–Crippen MR) is 71.2 cm³/mol. The Balaban J connectivity index is 2.27. The third kappa shape index (κ3) is 2.75. The van der Waals surface area contributed by atoms with Crippen molar-refractivity contribution in [1.29, 1.82) is 5.26 Å². The summed E-state index contributed by atoms with van der Waals surface area (Å²) in [6.45, 7) is 2.24. The van der Waals surface area contributed by atoms with Crippen LogP contribution in [0.2, 0.25) is 0 Å². The second kappa shape index (κ2) is 5.40. The summed E-state index contributed by atoms with van der Waals surface area (Å²) in [5, 5.41) is 23.7. The molecule has 7 heteroatoms. The first-order chi connectivity index (χ1) is 9.51. The Hall–Kier alpha value is -2.88. The maximum absolute atomic E-state index is 10.7. The first-order valence-electron chi connectivity index (χ1n) is 5.83. The molecule has 0 aliphatic carbocycles. The third-order valence-corrected chi connectivity index (χ3v) is 2.80. The van der Waals surface area contributed by atoms with Gasteiger partial charge >= 0.3 is 0 Å². The number of nitro benzene ring substituents is 1. The molecule has 1 heterocycles. The number of aryl methyl sites for hydroxylation is 1. The maximum atomic E-state index is 10.7. The van der Waals surface area contributed by atoms with Crippen LogP contribution in [0.3, 0.4) is 0 Å². The maximum Gasteiger partial charge on any atom is 0.270 e. The Morgan fingerprint density at radius 1 is 1.50 bits per heavy atom. The van der Waals surface area contributed by atoms with Gasteiger partial charge in [0.05, 0.1) is 22.7 Å². The molecule has 7 nitrogen and oxygen atoms in total. The molecule has 1 aromatic heterocycles. The highest BCUT2D eigenvalue weighted by molar-refractivity contribution is 5.62. The number of rotatable bonds is 4. The molecule has 1 aromatic carbocycles. The smallest absolute Gasteiger partial charge is 0.270 e. The first kappa shape index (κ1) is 13.5. The number of hydrogen-bond acceptors (Lipinski definition) is 6. The van der Waals surface area contributed by atoms with E-state index in [2.05, 4.69) is 5.16 Å². The fourth-order valence-corrected chi connectivity index (χ4v) is 1.88. The molecule has 0 saturated heterocycles. The summed E-state index contributed by atoms with van der Waals surface area (Å²) in [4.78, 5) is 12.0. The first-order valence-corrected chi connectivity index (χ1v) is 5.83. The van der Waals surface area contributed by atoms with E-state index in [1.807, 2.05) is 6.07 Å². The molecule has 0 saturated carbocycles. The van der Waals surface area contributed by atoms with Crippen LogP contribution in [0.1, 0.15) is 17.0 Å². The predicted octanol–water partition coefficient (Wildman–Crippen LogP) is 2.40. The van der Waals surface area contributed by atoms with Gasteiger partial charge in [-0.2, -0.15) is 5.26 Å². The van der Waals surface area contributed by atoms with E-state index in [4.69, 9.17) is 9.78 Å². The number of nitro groups is 1. The Morgan fingerprint density at radius 2 is 2.25 bits per heavy atom. The zero-order valence-corrected chi connectivity index (χ0v) is 11.0. The van der Waals surface area contributed by atoms with Crippen LogP contribution in [-0.4, -0.2) is 17.1 Å². The summed E-state index contributed by atoms with van der Waals surface area (Å²) < 4.78 is 4.98. The number of nitriles is 1. The van der Waals surface area contributed by atoms with Crippen molar-refractivity contribution in [2.75, 3.05) is 11.9 Å². The number of non-ortho nitro benzene ring substituents is 1. The lowest BCUT2D eigenvalue weighted by molar-refractivity contribution is -0.384. The molecule has 0 N–H and O–H groups in total. The van der Waals surface area contributed by atoms with Crippen molar-refractivity contribution in [3.8, 4) is 6.07 Å². The third-order valence-electron chi connectivity index (χ3n) is 2.80. The molecule has 0 atom stereocenters. The molecule has 0 radical (unpaired) electrons. The molecular weight excluding hydrogens is 260 g/mol. The Bertz CT molecular complexity index is 687. The van der Waals surface area contributed by atoms with Gasteiger partial charge < -0.3 is 9.42 Å². The monoisotopic (exact) mass is 272 g/mol. The van der Waals surface area contributed by atoms with Crippen molar-refractivity contribution in [3.05, 3.63) is 51.4 Å².